The van der Waals surface area contributed by atoms with Gasteiger partial charge < -0.3 is 10.6 Å². The van der Waals surface area contributed by atoms with Crippen LogP contribution in [-0.4, -0.2) is 24.0 Å². The van der Waals surface area contributed by atoms with Gasteiger partial charge in [0.25, 0.3) is 0 Å². The summed E-state index contributed by atoms with van der Waals surface area (Å²) in [6, 6.07) is 8.48. The van der Waals surface area contributed by atoms with Crippen LogP contribution in [-0.2, 0) is 0 Å². The van der Waals surface area contributed by atoms with Gasteiger partial charge in [-0.15, -0.1) is 0 Å². The van der Waals surface area contributed by atoms with Gasteiger partial charge in [-0.1, -0.05) is 30.7 Å². The molecule has 0 aliphatic heterocycles. The van der Waals surface area contributed by atoms with Gasteiger partial charge in [0, 0.05) is 23.7 Å². The second-order valence-corrected chi connectivity index (χ2v) is 5.11. The number of benzene rings is 1. The Balaban J connectivity index is 2.52. The molecular weight excluding hydrogens is 232 g/mol. The number of halogens is 1. The highest BCUT2D eigenvalue weighted by Gasteiger charge is 2.11. The Bertz CT molecular complexity index is 339. The van der Waals surface area contributed by atoms with Crippen molar-refractivity contribution in [3.63, 3.8) is 0 Å². The van der Waals surface area contributed by atoms with Gasteiger partial charge in [-0.3, -0.25) is 0 Å². The van der Waals surface area contributed by atoms with Crippen molar-refractivity contribution in [2.24, 2.45) is 5.73 Å². The second kappa shape index (κ2) is 7.00. The SMILES string of the molecule is CCN(CCC(N)c1cccc(Cl)c1)C(C)C. The van der Waals surface area contributed by atoms with Crippen molar-refractivity contribution in [3.05, 3.63) is 34.9 Å². The van der Waals surface area contributed by atoms with E-state index in [2.05, 4.69) is 25.7 Å². The van der Waals surface area contributed by atoms with Gasteiger partial charge >= 0.3 is 0 Å². The van der Waals surface area contributed by atoms with E-state index in [0.29, 0.717) is 6.04 Å². The van der Waals surface area contributed by atoms with E-state index in [1.54, 1.807) is 0 Å². The maximum atomic E-state index is 6.18. The summed E-state index contributed by atoms with van der Waals surface area (Å²) in [4.78, 5) is 2.42. The molecule has 0 aromatic heterocycles. The van der Waals surface area contributed by atoms with Crippen LogP contribution in [0.25, 0.3) is 0 Å². The first kappa shape index (κ1) is 14.5. The number of hydrogen-bond donors (Lipinski definition) is 1. The average molecular weight is 255 g/mol. The van der Waals surface area contributed by atoms with E-state index in [4.69, 9.17) is 17.3 Å². The van der Waals surface area contributed by atoms with E-state index in [-0.39, 0.29) is 6.04 Å². The van der Waals surface area contributed by atoms with Gasteiger partial charge in [0.05, 0.1) is 0 Å². The van der Waals surface area contributed by atoms with Crippen molar-refractivity contribution in [3.8, 4) is 0 Å². The predicted octanol–water partition coefficient (Wildman–Crippen LogP) is 3.46. The molecule has 96 valence electrons. The molecule has 1 rings (SSSR count). The molecule has 1 unspecified atom stereocenters. The van der Waals surface area contributed by atoms with E-state index in [1.165, 1.54) is 0 Å². The van der Waals surface area contributed by atoms with Gasteiger partial charge in [-0.05, 0) is 44.5 Å². The summed E-state index contributed by atoms with van der Waals surface area (Å²) >= 11 is 5.96. The fourth-order valence-corrected chi connectivity index (χ4v) is 2.19. The summed E-state index contributed by atoms with van der Waals surface area (Å²) in [6.07, 6.45) is 0.965. The third-order valence-electron chi connectivity index (χ3n) is 3.14. The summed E-state index contributed by atoms with van der Waals surface area (Å²) in [7, 11) is 0. The highest BCUT2D eigenvalue weighted by atomic mass is 35.5. The monoisotopic (exact) mass is 254 g/mol. The largest absolute Gasteiger partial charge is 0.324 e. The van der Waals surface area contributed by atoms with Crippen LogP contribution in [0, 0.1) is 0 Å². The molecule has 2 N–H and O–H groups in total. The van der Waals surface area contributed by atoms with Crippen LogP contribution in [0.1, 0.15) is 38.8 Å². The number of nitrogens with zero attached hydrogens (tertiary/aromatic N) is 1. The molecule has 0 radical (unpaired) electrons. The molecule has 0 amide bonds. The molecule has 1 atom stereocenters. The Hall–Kier alpha value is -0.570. The second-order valence-electron chi connectivity index (χ2n) is 4.67. The molecule has 0 bridgehead atoms. The van der Waals surface area contributed by atoms with Crippen LogP contribution in [0.4, 0.5) is 0 Å². The smallest absolute Gasteiger partial charge is 0.0409 e. The molecule has 0 aliphatic rings. The topological polar surface area (TPSA) is 29.3 Å². The van der Waals surface area contributed by atoms with Crippen LogP contribution in [0.15, 0.2) is 24.3 Å². The lowest BCUT2D eigenvalue weighted by molar-refractivity contribution is 0.225. The Morgan fingerprint density at radius 3 is 2.59 bits per heavy atom. The fourth-order valence-electron chi connectivity index (χ4n) is 1.99. The molecule has 3 heteroatoms. The number of nitrogens with two attached hydrogens (primary N) is 1. The third kappa shape index (κ3) is 4.66. The van der Waals surface area contributed by atoms with Crippen molar-refractivity contribution in [2.75, 3.05) is 13.1 Å². The van der Waals surface area contributed by atoms with E-state index in [9.17, 15) is 0 Å². The maximum absolute atomic E-state index is 6.18. The Morgan fingerprint density at radius 1 is 1.35 bits per heavy atom. The summed E-state index contributed by atoms with van der Waals surface area (Å²) in [5, 5.41) is 0.758. The molecule has 17 heavy (non-hydrogen) atoms. The average Bonchev–Trinajstić information content (AvgIpc) is 2.29. The molecule has 0 heterocycles. The minimum absolute atomic E-state index is 0.0708. The van der Waals surface area contributed by atoms with Crippen molar-refractivity contribution in [1.29, 1.82) is 0 Å². The highest BCUT2D eigenvalue weighted by molar-refractivity contribution is 6.30. The first-order valence-electron chi connectivity index (χ1n) is 6.29. The molecule has 0 spiro atoms. The predicted molar refractivity (Wildman–Crippen MR) is 75.4 cm³/mol. The first-order chi connectivity index (χ1) is 8.04. The van der Waals surface area contributed by atoms with Crippen LogP contribution in [0.2, 0.25) is 5.02 Å². The molecular formula is C14H23ClN2. The zero-order valence-electron chi connectivity index (χ0n) is 11.0. The summed E-state index contributed by atoms with van der Waals surface area (Å²) in [5.74, 6) is 0. The van der Waals surface area contributed by atoms with Crippen LogP contribution < -0.4 is 5.73 Å². The minimum atomic E-state index is 0.0708. The standard InChI is InChI=1S/C14H23ClN2/c1-4-17(11(2)3)9-8-14(16)12-6-5-7-13(15)10-12/h5-7,10-11,14H,4,8-9,16H2,1-3H3. The third-order valence-corrected chi connectivity index (χ3v) is 3.38. The Kier molecular flexibility index (Phi) is 5.96. The van der Waals surface area contributed by atoms with Gasteiger partial charge in [0.2, 0.25) is 0 Å². The molecule has 1 aromatic carbocycles. The van der Waals surface area contributed by atoms with Crippen LogP contribution in [0.5, 0.6) is 0 Å². The quantitative estimate of drug-likeness (QED) is 0.843. The highest BCUT2D eigenvalue weighted by Crippen LogP contribution is 2.19. The van der Waals surface area contributed by atoms with Crippen LogP contribution in [0.3, 0.4) is 0 Å². The summed E-state index contributed by atoms with van der Waals surface area (Å²) in [5.41, 5.74) is 7.30. The van der Waals surface area contributed by atoms with Crippen molar-refractivity contribution >= 4 is 11.6 Å². The van der Waals surface area contributed by atoms with Gasteiger partial charge in [-0.2, -0.15) is 0 Å². The van der Waals surface area contributed by atoms with Crippen molar-refractivity contribution < 1.29 is 0 Å². The summed E-state index contributed by atoms with van der Waals surface area (Å²) < 4.78 is 0. The minimum Gasteiger partial charge on any atom is -0.324 e. The molecule has 0 saturated carbocycles. The molecule has 2 nitrogen and oxygen atoms in total. The Labute approximate surface area is 110 Å². The Morgan fingerprint density at radius 2 is 2.06 bits per heavy atom. The van der Waals surface area contributed by atoms with Crippen molar-refractivity contribution in [2.45, 2.75) is 39.3 Å². The molecule has 0 aliphatic carbocycles. The maximum Gasteiger partial charge on any atom is 0.0409 e. The normalized spacial score (nSPS) is 13.4. The van der Waals surface area contributed by atoms with Gasteiger partial charge in [0.15, 0.2) is 0 Å². The lowest BCUT2D eigenvalue weighted by atomic mass is 10.0. The zero-order valence-corrected chi connectivity index (χ0v) is 11.7. The number of hydrogen-bond acceptors (Lipinski definition) is 2. The van der Waals surface area contributed by atoms with Gasteiger partial charge in [-0.25, -0.2) is 0 Å². The van der Waals surface area contributed by atoms with E-state index < -0.39 is 0 Å². The van der Waals surface area contributed by atoms with E-state index >= 15 is 0 Å². The lowest BCUT2D eigenvalue weighted by Gasteiger charge is -2.26. The van der Waals surface area contributed by atoms with Crippen LogP contribution >= 0.6 is 11.6 Å². The molecule has 0 fully saturated rings. The molecule has 0 saturated heterocycles. The zero-order chi connectivity index (χ0) is 12.8. The summed E-state index contributed by atoms with van der Waals surface area (Å²) in [6.45, 7) is 8.72. The fraction of sp³-hybridized carbons (Fsp3) is 0.571. The molecule has 1 aromatic rings. The lowest BCUT2D eigenvalue weighted by Crippen LogP contribution is -2.33. The van der Waals surface area contributed by atoms with Gasteiger partial charge in [0.1, 0.15) is 0 Å². The van der Waals surface area contributed by atoms with E-state index in [1.807, 2.05) is 24.3 Å². The first-order valence-corrected chi connectivity index (χ1v) is 6.67. The van der Waals surface area contributed by atoms with Crippen molar-refractivity contribution in [1.82, 2.24) is 4.90 Å². The number of rotatable bonds is 6. The van der Waals surface area contributed by atoms with E-state index in [0.717, 1.165) is 30.1 Å².